The summed E-state index contributed by atoms with van der Waals surface area (Å²) in [5, 5.41) is 3.39. The summed E-state index contributed by atoms with van der Waals surface area (Å²) in [6, 6.07) is 15.0. The first-order valence-electron chi connectivity index (χ1n) is 7.20. The summed E-state index contributed by atoms with van der Waals surface area (Å²) >= 11 is 3.57. The Hall–Kier alpha value is -1.32. The van der Waals surface area contributed by atoms with Gasteiger partial charge in [-0.05, 0) is 68.8 Å². The van der Waals surface area contributed by atoms with E-state index in [4.69, 9.17) is 4.74 Å². The predicted octanol–water partition coefficient (Wildman–Crippen LogP) is 4.85. The van der Waals surface area contributed by atoms with Crippen molar-refractivity contribution >= 4 is 15.9 Å². The van der Waals surface area contributed by atoms with E-state index in [1.807, 2.05) is 33.0 Å². The van der Waals surface area contributed by atoms with Crippen LogP contribution in [0.15, 0.2) is 46.9 Å². The average molecular weight is 348 g/mol. The molecule has 0 spiro atoms. The van der Waals surface area contributed by atoms with Crippen LogP contribution in [0.2, 0.25) is 0 Å². The van der Waals surface area contributed by atoms with E-state index in [0.29, 0.717) is 0 Å². The van der Waals surface area contributed by atoms with Crippen LogP contribution in [0.25, 0.3) is 0 Å². The molecule has 1 N–H and O–H groups in total. The summed E-state index contributed by atoms with van der Waals surface area (Å²) in [4.78, 5) is 0. The molecule has 0 aliphatic carbocycles. The Kier molecular flexibility index (Phi) is 5.43. The fourth-order valence-corrected chi connectivity index (χ4v) is 3.09. The minimum Gasteiger partial charge on any atom is -0.491 e. The third kappa shape index (κ3) is 4.32. The molecule has 112 valence electrons. The molecule has 0 amide bonds. The summed E-state index contributed by atoms with van der Waals surface area (Å²) in [5.41, 5.74) is 3.73. The quantitative estimate of drug-likeness (QED) is 0.834. The zero-order valence-electron chi connectivity index (χ0n) is 13.0. The Bertz CT molecular complexity index is 572. The first kappa shape index (κ1) is 16.1. The fourth-order valence-electron chi connectivity index (χ4n) is 2.47. The van der Waals surface area contributed by atoms with E-state index in [0.717, 1.165) is 10.2 Å². The molecule has 1 atom stereocenters. The van der Waals surface area contributed by atoms with Gasteiger partial charge in [0.1, 0.15) is 5.75 Å². The highest BCUT2D eigenvalue weighted by molar-refractivity contribution is 9.10. The molecule has 0 saturated heterocycles. The summed E-state index contributed by atoms with van der Waals surface area (Å²) in [6.45, 7) is 6.18. The fraction of sp³-hybridized carbons (Fsp3) is 0.333. The van der Waals surface area contributed by atoms with Crippen molar-refractivity contribution in [2.75, 3.05) is 7.05 Å². The lowest BCUT2D eigenvalue weighted by molar-refractivity contribution is 0.242. The van der Waals surface area contributed by atoms with Crippen molar-refractivity contribution in [3.63, 3.8) is 0 Å². The number of nitrogens with one attached hydrogen (secondary N) is 1. The van der Waals surface area contributed by atoms with Crippen molar-refractivity contribution in [1.82, 2.24) is 5.32 Å². The van der Waals surface area contributed by atoms with Crippen LogP contribution in [-0.4, -0.2) is 13.2 Å². The first-order chi connectivity index (χ1) is 9.99. The van der Waals surface area contributed by atoms with Gasteiger partial charge < -0.3 is 10.1 Å². The monoisotopic (exact) mass is 347 g/mol. The molecule has 0 aliphatic heterocycles. The highest BCUT2D eigenvalue weighted by Gasteiger charge is 2.13. The molecule has 0 fully saturated rings. The zero-order valence-corrected chi connectivity index (χ0v) is 14.6. The van der Waals surface area contributed by atoms with Crippen molar-refractivity contribution < 1.29 is 4.74 Å². The van der Waals surface area contributed by atoms with Gasteiger partial charge in [0.2, 0.25) is 0 Å². The summed E-state index contributed by atoms with van der Waals surface area (Å²) < 4.78 is 6.81. The number of rotatable bonds is 5. The number of hydrogen-bond donors (Lipinski definition) is 1. The molecule has 0 heterocycles. The molecule has 0 bridgehead atoms. The van der Waals surface area contributed by atoms with Gasteiger partial charge in [-0.25, -0.2) is 0 Å². The Morgan fingerprint density at radius 1 is 1.00 bits per heavy atom. The van der Waals surface area contributed by atoms with Crippen LogP contribution in [0.4, 0.5) is 0 Å². The molecule has 2 rings (SSSR count). The molecule has 0 saturated carbocycles. The summed E-state index contributed by atoms with van der Waals surface area (Å²) in [7, 11) is 1.99. The minimum absolute atomic E-state index is 0.175. The average Bonchev–Trinajstić information content (AvgIpc) is 2.40. The van der Waals surface area contributed by atoms with Crippen LogP contribution in [0.3, 0.4) is 0 Å². The van der Waals surface area contributed by atoms with Crippen LogP contribution in [-0.2, 0) is 0 Å². The molecule has 0 aliphatic rings. The van der Waals surface area contributed by atoms with Gasteiger partial charge in [-0.3, -0.25) is 0 Å². The van der Waals surface area contributed by atoms with E-state index in [2.05, 4.69) is 58.5 Å². The van der Waals surface area contributed by atoms with E-state index in [-0.39, 0.29) is 12.1 Å². The Balaban J connectivity index is 2.28. The third-order valence-corrected chi connectivity index (χ3v) is 3.73. The van der Waals surface area contributed by atoms with Crippen LogP contribution < -0.4 is 10.1 Å². The van der Waals surface area contributed by atoms with Gasteiger partial charge in [0.25, 0.3) is 0 Å². The second kappa shape index (κ2) is 7.10. The molecular weight excluding hydrogens is 326 g/mol. The maximum Gasteiger partial charge on any atom is 0.119 e. The third-order valence-electron chi connectivity index (χ3n) is 3.27. The molecule has 1 unspecified atom stereocenters. The SMILES string of the molecule is CNC(c1ccc(OC(C)C)cc1)c1cc(C)cc(Br)c1. The number of benzene rings is 2. The van der Waals surface area contributed by atoms with Gasteiger partial charge in [-0.1, -0.05) is 34.1 Å². The Morgan fingerprint density at radius 3 is 2.19 bits per heavy atom. The second-order valence-corrected chi connectivity index (χ2v) is 6.43. The minimum atomic E-state index is 0.175. The van der Waals surface area contributed by atoms with Gasteiger partial charge in [0, 0.05) is 4.47 Å². The largest absolute Gasteiger partial charge is 0.491 e. The Morgan fingerprint density at radius 2 is 1.67 bits per heavy atom. The van der Waals surface area contributed by atoms with Gasteiger partial charge in [0.15, 0.2) is 0 Å². The maximum absolute atomic E-state index is 5.70. The maximum atomic E-state index is 5.70. The number of hydrogen-bond acceptors (Lipinski definition) is 2. The van der Waals surface area contributed by atoms with Crippen LogP contribution in [0, 0.1) is 6.92 Å². The standard InChI is InChI=1S/C18H22BrNO/c1-12(2)21-17-7-5-14(6-8-17)18(20-4)15-9-13(3)10-16(19)11-15/h5-12,18,20H,1-4H3. The lowest BCUT2D eigenvalue weighted by Crippen LogP contribution is -2.17. The first-order valence-corrected chi connectivity index (χ1v) is 8.00. The van der Waals surface area contributed by atoms with Crippen molar-refractivity contribution in [2.45, 2.75) is 32.9 Å². The molecule has 0 radical (unpaired) electrons. The molecule has 3 heteroatoms. The van der Waals surface area contributed by atoms with Gasteiger partial charge in [0.05, 0.1) is 12.1 Å². The second-order valence-electron chi connectivity index (χ2n) is 5.52. The highest BCUT2D eigenvalue weighted by atomic mass is 79.9. The predicted molar refractivity (Wildman–Crippen MR) is 92.0 cm³/mol. The lowest BCUT2D eigenvalue weighted by atomic mass is 9.97. The van der Waals surface area contributed by atoms with Crippen LogP contribution in [0.5, 0.6) is 5.75 Å². The van der Waals surface area contributed by atoms with Gasteiger partial charge >= 0.3 is 0 Å². The van der Waals surface area contributed by atoms with E-state index in [1.54, 1.807) is 0 Å². The van der Waals surface area contributed by atoms with Crippen molar-refractivity contribution in [3.05, 3.63) is 63.6 Å². The molecule has 21 heavy (non-hydrogen) atoms. The lowest BCUT2D eigenvalue weighted by Gasteiger charge is -2.19. The molecular formula is C18H22BrNO. The van der Waals surface area contributed by atoms with Crippen molar-refractivity contribution in [1.29, 1.82) is 0 Å². The molecule has 0 aromatic heterocycles. The highest BCUT2D eigenvalue weighted by Crippen LogP contribution is 2.27. The summed E-state index contributed by atoms with van der Waals surface area (Å²) in [6.07, 6.45) is 0.198. The van der Waals surface area contributed by atoms with E-state index >= 15 is 0 Å². The van der Waals surface area contributed by atoms with Crippen molar-refractivity contribution in [3.8, 4) is 5.75 Å². The number of halogens is 1. The smallest absolute Gasteiger partial charge is 0.119 e. The van der Waals surface area contributed by atoms with E-state index in [1.165, 1.54) is 16.7 Å². The van der Waals surface area contributed by atoms with Crippen LogP contribution in [0.1, 0.15) is 36.6 Å². The van der Waals surface area contributed by atoms with Crippen molar-refractivity contribution in [2.24, 2.45) is 0 Å². The van der Waals surface area contributed by atoms with Gasteiger partial charge in [-0.2, -0.15) is 0 Å². The van der Waals surface area contributed by atoms with E-state index in [9.17, 15) is 0 Å². The molecule has 2 aromatic carbocycles. The van der Waals surface area contributed by atoms with Crippen LogP contribution >= 0.6 is 15.9 Å². The normalized spacial score (nSPS) is 12.5. The number of aryl methyl sites for hydroxylation is 1. The Labute approximate surface area is 135 Å². The zero-order chi connectivity index (χ0) is 15.4. The summed E-state index contributed by atoms with van der Waals surface area (Å²) in [5.74, 6) is 0.911. The van der Waals surface area contributed by atoms with Gasteiger partial charge in [-0.15, -0.1) is 0 Å². The number of ether oxygens (including phenoxy) is 1. The topological polar surface area (TPSA) is 21.3 Å². The van der Waals surface area contributed by atoms with E-state index < -0.39 is 0 Å². The molecule has 2 aromatic rings. The molecule has 2 nitrogen and oxygen atoms in total.